The monoisotopic (exact) mass is 519 g/mol. The van der Waals surface area contributed by atoms with E-state index in [0.717, 1.165) is 27.8 Å². The predicted molar refractivity (Wildman–Crippen MR) is 131 cm³/mol. The summed E-state index contributed by atoms with van der Waals surface area (Å²) in [5, 5.41) is 0. The molecule has 1 fully saturated rings. The van der Waals surface area contributed by atoms with E-state index in [1.54, 1.807) is 6.08 Å². The molecule has 0 saturated carbocycles. The van der Waals surface area contributed by atoms with Crippen LogP contribution in [0.3, 0.4) is 0 Å². The second-order valence-electron chi connectivity index (χ2n) is 6.79. The van der Waals surface area contributed by atoms with E-state index in [9.17, 15) is 9.59 Å². The molecule has 0 bridgehead atoms. The third kappa shape index (κ3) is 6.92. The van der Waals surface area contributed by atoms with Crippen molar-refractivity contribution in [3.63, 3.8) is 0 Å². The zero-order valence-electron chi connectivity index (χ0n) is 17.0. The molecule has 2 aromatic carbocycles. The molecule has 8 heteroatoms. The minimum Gasteiger partial charge on any atom is -0.489 e. The molecule has 1 amide bonds. The van der Waals surface area contributed by atoms with Crippen molar-refractivity contribution in [2.45, 2.75) is 26.4 Å². The summed E-state index contributed by atoms with van der Waals surface area (Å²) >= 11 is 10.0. The lowest BCUT2D eigenvalue weighted by molar-refractivity contribution is -0.143. The van der Waals surface area contributed by atoms with Crippen molar-refractivity contribution in [2.24, 2.45) is 0 Å². The Morgan fingerprint density at radius 2 is 2.00 bits per heavy atom. The first-order valence-electron chi connectivity index (χ1n) is 9.84. The van der Waals surface area contributed by atoms with Gasteiger partial charge < -0.3 is 9.47 Å². The Bertz CT molecular complexity index is 991. The number of benzene rings is 2. The van der Waals surface area contributed by atoms with E-state index in [4.69, 9.17) is 21.7 Å². The third-order valence-corrected chi connectivity index (χ3v) is 6.22. The Morgan fingerprint density at radius 3 is 2.71 bits per heavy atom. The van der Waals surface area contributed by atoms with Crippen molar-refractivity contribution in [2.75, 3.05) is 13.2 Å². The van der Waals surface area contributed by atoms with Gasteiger partial charge in [0.05, 0.1) is 17.9 Å². The Labute approximate surface area is 199 Å². The number of halogens is 1. The van der Waals surface area contributed by atoms with Crippen LogP contribution in [0.5, 0.6) is 5.75 Å². The van der Waals surface area contributed by atoms with E-state index in [1.807, 2.05) is 55.5 Å². The molecule has 162 valence electrons. The molecule has 2 aromatic rings. The molecule has 5 nitrogen and oxygen atoms in total. The van der Waals surface area contributed by atoms with Crippen LogP contribution in [-0.2, 0) is 20.9 Å². The minimum atomic E-state index is -0.321. The first-order chi connectivity index (χ1) is 15.0. The SMILES string of the molecule is CCCOC(=O)CCN1C(=O)/C(=C\c2ccc(OCc3cccc(Br)c3)cc2)SC1=S. The van der Waals surface area contributed by atoms with Crippen molar-refractivity contribution >= 4 is 62.2 Å². The smallest absolute Gasteiger partial charge is 0.307 e. The van der Waals surface area contributed by atoms with E-state index in [2.05, 4.69) is 15.9 Å². The molecule has 0 unspecified atom stereocenters. The summed E-state index contributed by atoms with van der Waals surface area (Å²) in [4.78, 5) is 26.4. The van der Waals surface area contributed by atoms with Gasteiger partial charge in [-0.15, -0.1) is 0 Å². The molecule has 1 saturated heterocycles. The highest BCUT2D eigenvalue weighted by molar-refractivity contribution is 9.10. The summed E-state index contributed by atoms with van der Waals surface area (Å²) in [7, 11) is 0. The topological polar surface area (TPSA) is 55.8 Å². The number of thioether (sulfide) groups is 1. The van der Waals surface area contributed by atoms with Crippen LogP contribution in [0, 0.1) is 0 Å². The number of hydrogen-bond donors (Lipinski definition) is 0. The fraction of sp³-hybridized carbons (Fsp3) is 0.261. The van der Waals surface area contributed by atoms with Crippen molar-refractivity contribution in [3.8, 4) is 5.75 Å². The molecule has 0 aromatic heterocycles. The van der Waals surface area contributed by atoms with Crippen LogP contribution in [0.2, 0.25) is 0 Å². The van der Waals surface area contributed by atoms with E-state index in [0.29, 0.717) is 22.4 Å². The molecule has 31 heavy (non-hydrogen) atoms. The summed E-state index contributed by atoms with van der Waals surface area (Å²) in [6.45, 7) is 3.02. The van der Waals surface area contributed by atoms with Crippen LogP contribution < -0.4 is 4.74 Å². The quantitative estimate of drug-likeness (QED) is 0.245. The summed E-state index contributed by atoms with van der Waals surface area (Å²) in [5.41, 5.74) is 1.94. The summed E-state index contributed by atoms with van der Waals surface area (Å²) in [6.07, 6.45) is 2.69. The zero-order valence-corrected chi connectivity index (χ0v) is 20.2. The van der Waals surface area contributed by atoms with Gasteiger partial charge in [0.25, 0.3) is 5.91 Å². The lowest BCUT2D eigenvalue weighted by Crippen LogP contribution is -2.30. The highest BCUT2D eigenvalue weighted by Crippen LogP contribution is 2.33. The summed E-state index contributed by atoms with van der Waals surface area (Å²) in [6, 6.07) is 15.5. The van der Waals surface area contributed by atoms with Crippen LogP contribution in [0.15, 0.2) is 57.9 Å². The van der Waals surface area contributed by atoms with Gasteiger partial charge in [-0.2, -0.15) is 0 Å². The van der Waals surface area contributed by atoms with Crippen LogP contribution in [0.25, 0.3) is 6.08 Å². The van der Waals surface area contributed by atoms with E-state index >= 15 is 0 Å². The Morgan fingerprint density at radius 1 is 1.23 bits per heavy atom. The molecule has 0 radical (unpaired) electrons. The van der Waals surface area contributed by atoms with E-state index < -0.39 is 0 Å². The maximum atomic E-state index is 12.7. The number of carbonyl (C=O) groups is 2. The Kier molecular flexibility index (Phi) is 8.69. The van der Waals surface area contributed by atoms with E-state index in [1.165, 1.54) is 16.7 Å². The molecule has 0 N–H and O–H groups in total. The standard InChI is InChI=1S/C23H22BrNO4S2/c1-2-12-28-21(26)10-11-25-22(27)20(31-23(25)30)14-16-6-8-19(9-7-16)29-15-17-4-3-5-18(24)13-17/h3-9,13-14H,2,10-12,15H2,1H3/b20-14+. The molecule has 3 rings (SSSR count). The van der Waals surface area contributed by atoms with E-state index in [-0.39, 0.29) is 24.8 Å². The number of amides is 1. The number of hydrogen-bond acceptors (Lipinski definition) is 6. The third-order valence-electron chi connectivity index (χ3n) is 4.35. The zero-order chi connectivity index (χ0) is 22.2. The predicted octanol–water partition coefficient (Wildman–Crippen LogP) is 5.57. The molecule has 0 aliphatic carbocycles. The highest BCUT2D eigenvalue weighted by Gasteiger charge is 2.32. The number of ether oxygens (including phenoxy) is 2. The number of carbonyl (C=O) groups excluding carboxylic acids is 2. The number of esters is 1. The minimum absolute atomic E-state index is 0.129. The van der Waals surface area contributed by atoms with Gasteiger partial charge in [0.15, 0.2) is 0 Å². The van der Waals surface area contributed by atoms with Gasteiger partial charge in [0.1, 0.15) is 16.7 Å². The van der Waals surface area contributed by atoms with Gasteiger partial charge >= 0.3 is 5.97 Å². The first kappa shape index (κ1) is 23.5. The first-order valence-corrected chi connectivity index (χ1v) is 11.9. The number of rotatable bonds is 9. The second-order valence-corrected chi connectivity index (χ2v) is 9.38. The molecular formula is C23H22BrNO4S2. The Hall–Kier alpha value is -2.16. The van der Waals surface area contributed by atoms with Gasteiger partial charge in [-0.25, -0.2) is 0 Å². The molecule has 0 spiro atoms. The lowest BCUT2D eigenvalue weighted by atomic mass is 10.2. The largest absolute Gasteiger partial charge is 0.489 e. The van der Waals surface area contributed by atoms with Crippen LogP contribution in [0.1, 0.15) is 30.9 Å². The van der Waals surface area contributed by atoms with Crippen molar-refractivity contribution in [3.05, 3.63) is 69.0 Å². The number of nitrogens with zero attached hydrogens (tertiary/aromatic N) is 1. The van der Waals surface area contributed by atoms with Gasteiger partial charge in [0.2, 0.25) is 0 Å². The average molecular weight is 520 g/mol. The maximum absolute atomic E-state index is 12.7. The lowest BCUT2D eigenvalue weighted by Gasteiger charge is -2.13. The summed E-state index contributed by atoms with van der Waals surface area (Å²) < 4.78 is 12.3. The van der Waals surface area contributed by atoms with Gasteiger partial charge in [-0.1, -0.05) is 71.1 Å². The molecule has 1 aliphatic heterocycles. The maximum Gasteiger partial charge on any atom is 0.307 e. The Balaban J connectivity index is 1.56. The van der Waals surface area contributed by atoms with Crippen LogP contribution >= 0.6 is 39.9 Å². The van der Waals surface area contributed by atoms with Crippen molar-refractivity contribution < 1.29 is 19.1 Å². The normalized spacial score (nSPS) is 14.9. The average Bonchev–Trinajstić information content (AvgIpc) is 3.02. The number of thiocarbonyl (C=S) groups is 1. The fourth-order valence-electron chi connectivity index (χ4n) is 2.79. The summed E-state index contributed by atoms with van der Waals surface area (Å²) in [5.74, 6) is 0.238. The molecule has 1 aliphatic rings. The van der Waals surface area contributed by atoms with Gasteiger partial charge in [-0.05, 0) is 47.9 Å². The molecule has 1 heterocycles. The van der Waals surface area contributed by atoms with Crippen LogP contribution in [0.4, 0.5) is 0 Å². The van der Waals surface area contributed by atoms with Crippen LogP contribution in [-0.4, -0.2) is 34.2 Å². The van der Waals surface area contributed by atoms with Crippen molar-refractivity contribution in [1.82, 2.24) is 4.90 Å². The molecule has 0 atom stereocenters. The molecular weight excluding hydrogens is 498 g/mol. The fourth-order valence-corrected chi connectivity index (χ4v) is 4.54. The second kappa shape index (κ2) is 11.5. The van der Waals surface area contributed by atoms with Gasteiger partial charge in [0, 0.05) is 11.0 Å². The highest BCUT2D eigenvalue weighted by atomic mass is 79.9. The van der Waals surface area contributed by atoms with Gasteiger partial charge in [-0.3, -0.25) is 14.5 Å². The van der Waals surface area contributed by atoms with Crippen molar-refractivity contribution in [1.29, 1.82) is 0 Å².